The highest BCUT2D eigenvalue weighted by Crippen LogP contribution is 2.25. The lowest BCUT2D eigenvalue weighted by atomic mass is 10.1. The van der Waals surface area contributed by atoms with Crippen molar-refractivity contribution >= 4 is 22.8 Å². The zero-order valence-electron chi connectivity index (χ0n) is 17.7. The molecule has 0 aliphatic carbocycles. The van der Waals surface area contributed by atoms with E-state index in [1.807, 2.05) is 30.3 Å². The van der Waals surface area contributed by atoms with Crippen LogP contribution in [0.2, 0.25) is 0 Å². The standard InChI is InChI=1S/C24H22FN5O2/c1-15(2)23(31)28-29-24(32)19-12-21(17-8-4-3-5-9-17)27-22-20(19)13-26-30(22)14-16-7-6-10-18(25)11-16/h3-13,15H,14H2,1-2H3,(H,28,31)(H,29,32). The minimum absolute atomic E-state index is 0.276. The summed E-state index contributed by atoms with van der Waals surface area (Å²) >= 11 is 0. The number of fused-ring (bicyclic) bond motifs is 1. The number of carbonyl (C=O) groups excluding carboxylic acids is 2. The molecule has 0 saturated heterocycles. The maximum absolute atomic E-state index is 13.6. The summed E-state index contributed by atoms with van der Waals surface area (Å²) < 4.78 is 15.3. The van der Waals surface area contributed by atoms with Crippen LogP contribution in [0.25, 0.3) is 22.3 Å². The first kappa shape index (κ1) is 21.2. The maximum atomic E-state index is 13.6. The summed E-state index contributed by atoms with van der Waals surface area (Å²) in [6.45, 7) is 3.75. The first-order valence-electron chi connectivity index (χ1n) is 10.2. The van der Waals surface area contributed by atoms with Crippen LogP contribution in [0.3, 0.4) is 0 Å². The van der Waals surface area contributed by atoms with Crippen LogP contribution in [-0.2, 0) is 11.3 Å². The summed E-state index contributed by atoms with van der Waals surface area (Å²) in [7, 11) is 0. The minimum atomic E-state index is -0.478. The molecular formula is C24H22FN5O2. The number of pyridine rings is 1. The molecular weight excluding hydrogens is 409 g/mol. The molecule has 0 fully saturated rings. The van der Waals surface area contributed by atoms with Crippen LogP contribution in [-0.4, -0.2) is 26.6 Å². The lowest BCUT2D eigenvalue weighted by Gasteiger charge is -2.11. The van der Waals surface area contributed by atoms with E-state index in [-0.39, 0.29) is 24.2 Å². The van der Waals surface area contributed by atoms with E-state index >= 15 is 0 Å². The summed E-state index contributed by atoms with van der Waals surface area (Å²) in [5.41, 5.74) is 7.83. The van der Waals surface area contributed by atoms with Gasteiger partial charge in [0.05, 0.1) is 29.4 Å². The Kier molecular flexibility index (Phi) is 5.93. The molecule has 0 atom stereocenters. The average Bonchev–Trinajstić information content (AvgIpc) is 3.19. The number of aromatic nitrogens is 3. The van der Waals surface area contributed by atoms with Crippen molar-refractivity contribution in [1.82, 2.24) is 25.6 Å². The van der Waals surface area contributed by atoms with Gasteiger partial charge in [0.2, 0.25) is 5.91 Å². The monoisotopic (exact) mass is 431 g/mol. The molecule has 0 spiro atoms. The van der Waals surface area contributed by atoms with E-state index in [0.717, 1.165) is 11.1 Å². The Balaban J connectivity index is 1.77. The third kappa shape index (κ3) is 4.49. The van der Waals surface area contributed by atoms with E-state index in [4.69, 9.17) is 4.98 Å². The van der Waals surface area contributed by atoms with E-state index in [2.05, 4.69) is 16.0 Å². The van der Waals surface area contributed by atoms with Gasteiger partial charge in [0.1, 0.15) is 5.82 Å². The quantitative estimate of drug-likeness (QED) is 0.472. The molecule has 8 heteroatoms. The fourth-order valence-electron chi connectivity index (χ4n) is 3.25. The third-order valence-electron chi connectivity index (χ3n) is 4.97. The second-order valence-electron chi connectivity index (χ2n) is 7.69. The van der Waals surface area contributed by atoms with Gasteiger partial charge < -0.3 is 0 Å². The summed E-state index contributed by atoms with van der Waals surface area (Å²) in [5, 5.41) is 4.91. The van der Waals surface area contributed by atoms with Crippen molar-refractivity contribution in [3.63, 3.8) is 0 Å². The van der Waals surface area contributed by atoms with Crippen LogP contribution in [0.1, 0.15) is 29.8 Å². The first-order valence-corrected chi connectivity index (χ1v) is 10.2. The smallest absolute Gasteiger partial charge is 0.270 e. The number of benzene rings is 2. The fraction of sp³-hybridized carbons (Fsp3) is 0.167. The summed E-state index contributed by atoms with van der Waals surface area (Å²) in [5.74, 6) is -1.39. The van der Waals surface area contributed by atoms with E-state index in [1.165, 1.54) is 12.1 Å². The molecule has 7 nitrogen and oxygen atoms in total. The van der Waals surface area contributed by atoms with Gasteiger partial charge in [0, 0.05) is 11.5 Å². The predicted octanol–water partition coefficient (Wildman–Crippen LogP) is 3.70. The predicted molar refractivity (Wildman–Crippen MR) is 119 cm³/mol. The zero-order chi connectivity index (χ0) is 22.7. The van der Waals surface area contributed by atoms with Gasteiger partial charge in [-0.1, -0.05) is 56.3 Å². The number of carbonyl (C=O) groups is 2. The number of amides is 2. The molecule has 0 aliphatic rings. The molecule has 0 bridgehead atoms. The van der Waals surface area contributed by atoms with E-state index in [9.17, 15) is 14.0 Å². The average molecular weight is 431 g/mol. The molecule has 4 rings (SSSR count). The zero-order valence-corrected chi connectivity index (χ0v) is 17.7. The maximum Gasteiger partial charge on any atom is 0.270 e. The van der Waals surface area contributed by atoms with Crippen molar-refractivity contribution < 1.29 is 14.0 Å². The lowest BCUT2D eigenvalue weighted by molar-refractivity contribution is -0.124. The summed E-state index contributed by atoms with van der Waals surface area (Å²) in [6, 6.07) is 17.4. The number of nitrogens with zero attached hydrogens (tertiary/aromatic N) is 3. The SMILES string of the molecule is CC(C)C(=O)NNC(=O)c1cc(-c2ccccc2)nc2c1cnn2Cc1cccc(F)c1. The molecule has 0 saturated carbocycles. The molecule has 0 unspecified atom stereocenters. The molecule has 0 radical (unpaired) electrons. The van der Waals surface area contributed by atoms with Crippen LogP contribution >= 0.6 is 0 Å². The third-order valence-corrected chi connectivity index (χ3v) is 4.97. The number of nitrogens with one attached hydrogen (secondary N) is 2. The number of hydrogen-bond acceptors (Lipinski definition) is 4. The highest BCUT2D eigenvalue weighted by Gasteiger charge is 2.19. The molecule has 32 heavy (non-hydrogen) atoms. The molecule has 2 aromatic heterocycles. The van der Waals surface area contributed by atoms with Gasteiger partial charge in [-0.2, -0.15) is 5.10 Å². The molecule has 2 aromatic carbocycles. The molecule has 162 valence electrons. The van der Waals surface area contributed by atoms with Gasteiger partial charge >= 0.3 is 0 Å². The lowest BCUT2D eigenvalue weighted by Crippen LogP contribution is -2.43. The highest BCUT2D eigenvalue weighted by atomic mass is 19.1. The van der Waals surface area contributed by atoms with Gasteiger partial charge in [-0.05, 0) is 23.8 Å². The second-order valence-corrected chi connectivity index (χ2v) is 7.69. The summed E-state index contributed by atoms with van der Waals surface area (Å²) in [4.78, 5) is 29.6. The van der Waals surface area contributed by atoms with E-state index in [1.54, 1.807) is 42.9 Å². The Morgan fingerprint density at radius 1 is 1.03 bits per heavy atom. The Hall–Kier alpha value is -4.07. The van der Waals surface area contributed by atoms with Gasteiger partial charge in [-0.25, -0.2) is 14.1 Å². The van der Waals surface area contributed by atoms with Crippen molar-refractivity contribution in [2.45, 2.75) is 20.4 Å². The number of hydrazine groups is 1. The van der Waals surface area contributed by atoms with Crippen LogP contribution in [0.15, 0.2) is 66.9 Å². The topological polar surface area (TPSA) is 88.9 Å². The van der Waals surface area contributed by atoms with Crippen molar-refractivity contribution in [1.29, 1.82) is 0 Å². The van der Waals surface area contributed by atoms with Crippen molar-refractivity contribution in [3.8, 4) is 11.3 Å². The van der Waals surface area contributed by atoms with E-state index in [0.29, 0.717) is 22.3 Å². The minimum Gasteiger partial charge on any atom is -0.273 e. The van der Waals surface area contributed by atoms with Crippen LogP contribution in [0, 0.1) is 11.7 Å². The molecule has 2 N–H and O–H groups in total. The van der Waals surface area contributed by atoms with Gasteiger partial charge in [0.15, 0.2) is 5.65 Å². The fourth-order valence-corrected chi connectivity index (χ4v) is 3.25. The Labute approximate surface area is 184 Å². The summed E-state index contributed by atoms with van der Waals surface area (Å²) in [6.07, 6.45) is 1.55. The largest absolute Gasteiger partial charge is 0.273 e. The highest BCUT2D eigenvalue weighted by molar-refractivity contribution is 6.06. The second kappa shape index (κ2) is 8.97. The van der Waals surface area contributed by atoms with Gasteiger partial charge in [-0.3, -0.25) is 20.4 Å². The first-order chi connectivity index (χ1) is 15.4. The molecule has 2 heterocycles. The van der Waals surface area contributed by atoms with Crippen molar-refractivity contribution in [2.75, 3.05) is 0 Å². The Morgan fingerprint density at radius 2 is 1.81 bits per heavy atom. The Morgan fingerprint density at radius 3 is 2.53 bits per heavy atom. The molecule has 0 aliphatic heterocycles. The van der Waals surface area contributed by atoms with Crippen molar-refractivity contribution in [3.05, 3.63) is 83.8 Å². The van der Waals surface area contributed by atoms with Crippen LogP contribution in [0.5, 0.6) is 0 Å². The van der Waals surface area contributed by atoms with Gasteiger partial charge in [0.25, 0.3) is 5.91 Å². The Bertz CT molecular complexity index is 1280. The number of rotatable bonds is 5. The number of halogens is 1. The van der Waals surface area contributed by atoms with Gasteiger partial charge in [-0.15, -0.1) is 0 Å². The van der Waals surface area contributed by atoms with Crippen LogP contribution in [0.4, 0.5) is 4.39 Å². The van der Waals surface area contributed by atoms with E-state index < -0.39 is 5.91 Å². The number of hydrogen-bond donors (Lipinski definition) is 2. The van der Waals surface area contributed by atoms with Crippen molar-refractivity contribution in [2.24, 2.45) is 5.92 Å². The normalized spacial score (nSPS) is 11.0. The molecule has 2 amide bonds. The van der Waals surface area contributed by atoms with Crippen LogP contribution < -0.4 is 10.9 Å². The molecule has 4 aromatic rings.